The van der Waals surface area contributed by atoms with Gasteiger partial charge in [-0.2, -0.15) is 0 Å². The maximum Gasteiger partial charge on any atom is 0.0669 e. The lowest BCUT2D eigenvalue weighted by Crippen LogP contribution is -2.33. The van der Waals surface area contributed by atoms with Crippen LogP contribution in [0.1, 0.15) is 39.0 Å². The molecular formula is C9H18O2. The van der Waals surface area contributed by atoms with Gasteiger partial charge in [-0.05, 0) is 32.1 Å². The average Bonchev–Trinajstić information content (AvgIpc) is 2.37. The summed E-state index contributed by atoms with van der Waals surface area (Å²) < 4.78 is 0. The third-order valence-electron chi connectivity index (χ3n) is 2.85. The van der Waals surface area contributed by atoms with E-state index in [-0.39, 0.29) is 6.61 Å². The van der Waals surface area contributed by atoms with Gasteiger partial charge in [-0.3, -0.25) is 0 Å². The first kappa shape index (κ1) is 9.01. The molecule has 1 aliphatic rings. The zero-order chi connectivity index (χ0) is 8.32. The second kappa shape index (κ2) is 3.55. The van der Waals surface area contributed by atoms with Gasteiger partial charge in [0.25, 0.3) is 0 Å². The lowest BCUT2D eigenvalue weighted by Gasteiger charge is -2.29. The molecular weight excluding hydrogens is 140 g/mol. The van der Waals surface area contributed by atoms with Gasteiger partial charge in [0.15, 0.2) is 0 Å². The maximum absolute atomic E-state index is 9.85. The number of hydrogen-bond acceptors (Lipinski definition) is 2. The van der Waals surface area contributed by atoms with E-state index >= 15 is 0 Å². The predicted molar refractivity (Wildman–Crippen MR) is 44.3 cm³/mol. The van der Waals surface area contributed by atoms with Crippen LogP contribution < -0.4 is 0 Å². The number of rotatable bonds is 3. The quantitative estimate of drug-likeness (QED) is 0.650. The zero-order valence-electron chi connectivity index (χ0n) is 7.21. The molecule has 0 spiro atoms. The SMILES string of the molecule is C[C@@](O)(CCO)C1CCCC1. The van der Waals surface area contributed by atoms with Crippen molar-refractivity contribution in [2.75, 3.05) is 6.61 Å². The Bertz CT molecular complexity index is 115. The highest BCUT2D eigenvalue weighted by Crippen LogP contribution is 2.35. The molecule has 0 saturated heterocycles. The first-order valence-electron chi connectivity index (χ1n) is 4.50. The van der Waals surface area contributed by atoms with Gasteiger partial charge in [0.1, 0.15) is 0 Å². The molecule has 0 aromatic rings. The van der Waals surface area contributed by atoms with Crippen LogP contribution in [-0.2, 0) is 0 Å². The molecule has 66 valence electrons. The summed E-state index contributed by atoms with van der Waals surface area (Å²) in [5, 5.41) is 18.6. The van der Waals surface area contributed by atoms with Crippen LogP contribution in [0.15, 0.2) is 0 Å². The van der Waals surface area contributed by atoms with E-state index in [0.29, 0.717) is 12.3 Å². The second-order valence-corrected chi connectivity index (χ2v) is 3.81. The van der Waals surface area contributed by atoms with Gasteiger partial charge in [-0.1, -0.05) is 12.8 Å². The van der Waals surface area contributed by atoms with Crippen molar-refractivity contribution in [3.8, 4) is 0 Å². The Hall–Kier alpha value is -0.0800. The summed E-state index contributed by atoms with van der Waals surface area (Å²) in [5.41, 5.74) is -0.620. The van der Waals surface area contributed by atoms with Crippen molar-refractivity contribution < 1.29 is 10.2 Å². The summed E-state index contributed by atoms with van der Waals surface area (Å²) >= 11 is 0. The number of hydrogen-bond donors (Lipinski definition) is 2. The van der Waals surface area contributed by atoms with E-state index in [1.807, 2.05) is 6.92 Å². The van der Waals surface area contributed by atoms with Crippen LogP contribution in [0.3, 0.4) is 0 Å². The first-order valence-corrected chi connectivity index (χ1v) is 4.50. The monoisotopic (exact) mass is 158 g/mol. The van der Waals surface area contributed by atoms with E-state index in [1.165, 1.54) is 12.8 Å². The summed E-state index contributed by atoms with van der Waals surface area (Å²) in [6.07, 6.45) is 5.27. The van der Waals surface area contributed by atoms with Crippen LogP contribution in [0.2, 0.25) is 0 Å². The van der Waals surface area contributed by atoms with Crippen LogP contribution in [0, 0.1) is 5.92 Å². The summed E-state index contributed by atoms with van der Waals surface area (Å²) in [7, 11) is 0. The Morgan fingerprint density at radius 2 is 1.91 bits per heavy atom. The standard InChI is InChI=1S/C9H18O2/c1-9(11,6-7-10)8-4-2-3-5-8/h8,10-11H,2-7H2,1H3/t9-/m1/s1. The molecule has 1 rings (SSSR count). The highest BCUT2D eigenvalue weighted by Gasteiger charge is 2.32. The lowest BCUT2D eigenvalue weighted by molar-refractivity contribution is -0.0185. The predicted octanol–water partition coefficient (Wildman–Crippen LogP) is 1.31. The van der Waals surface area contributed by atoms with Crippen molar-refractivity contribution in [1.29, 1.82) is 0 Å². The fourth-order valence-electron chi connectivity index (χ4n) is 1.98. The van der Waals surface area contributed by atoms with Crippen molar-refractivity contribution in [3.63, 3.8) is 0 Å². The molecule has 1 fully saturated rings. The molecule has 0 radical (unpaired) electrons. The number of aliphatic hydroxyl groups is 2. The molecule has 0 aliphatic heterocycles. The molecule has 0 bridgehead atoms. The Balaban J connectivity index is 2.41. The van der Waals surface area contributed by atoms with Gasteiger partial charge >= 0.3 is 0 Å². The normalized spacial score (nSPS) is 25.4. The molecule has 2 N–H and O–H groups in total. The molecule has 11 heavy (non-hydrogen) atoms. The van der Waals surface area contributed by atoms with E-state index in [0.717, 1.165) is 12.8 Å². The Morgan fingerprint density at radius 1 is 1.36 bits per heavy atom. The molecule has 0 unspecified atom stereocenters. The highest BCUT2D eigenvalue weighted by molar-refractivity contribution is 4.84. The highest BCUT2D eigenvalue weighted by atomic mass is 16.3. The van der Waals surface area contributed by atoms with Gasteiger partial charge in [-0.15, -0.1) is 0 Å². The molecule has 2 heteroatoms. The van der Waals surface area contributed by atoms with Gasteiger partial charge < -0.3 is 10.2 Å². The van der Waals surface area contributed by atoms with E-state index in [1.54, 1.807) is 0 Å². The fourth-order valence-corrected chi connectivity index (χ4v) is 1.98. The second-order valence-electron chi connectivity index (χ2n) is 3.81. The van der Waals surface area contributed by atoms with E-state index in [2.05, 4.69) is 0 Å². The molecule has 2 nitrogen and oxygen atoms in total. The Morgan fingerprint density at radius 3 is 2.36 bits per heavy atom. The van der Waals surface area contributed by atoms with Gasteiger partial charge in [-0.25, -0.2) is 0 Å². The molecule has 1 aliphatic carbocycles. The topological polar surface area (TPSA) is 40.5 Å². The molecule has 0 aromatic heterocycles. The summed E-state index contributed by atoms with van der Waals surface area (Å²) in [4.78, 5) is 0. The van der Waals surface area contributed by atoms with Crippen molar-refractivity contribution in [2.45, 2.75) is 44.6 Å². The molecule has 1 saturated carbocycles. The molecule has 0 heterocycles. The van der Waals surface area contributed by atoms with Gasteiger partial charge in [0.2, 0.25) is 0 Å². The third-order valence-corrected chi connectivity index (χ3v) is 2.85. The van der Waals surface area contributed by atoms with Gasteiger partial charge in [0, 0.05) is 6.61 Å². The number of aliphatic hydroxyl groups excluding tert-OH is 1. The zero-order valence-corrected chi connectivity index (χ0v) is 7.21. The fraction of sp³-hybridized carbons (Fsp3) is 1.00. The van der Waals surface area contributed by atoms with Gasteiger partial charge in [0.05, 0.1) is 5.60 Å². The average molecular weight is 158 g/mol. The van der Waals surface area contributed by atoms with E-state index in [4.69, 9.17) is 5.11 Å². The van der Waals surface area contributed by atoms with Crippen molar-refractivity contribution in [2.24, 2.45) is 5.92 Å². The smallest absolute Gasteiger partial charge is 0.0669 e. The lowest BCUT2D eigenvalue weighted by atomic mass is 9.85. The van der Waals surface area contributed by atoms with Crippen molar-refractivity contribution in [3.05, 3.63) is 0 Å². The Kier molecular flexibility index (Phi) is 2.90. The van der Waals surface area contributed by atoms with Crippen molar-refractivity contribution in [1.82, 2.24) is 0 Å². The van der Waals surface area contributed by atoms with Crippen LogP contribution >= 0.6 is 0 Å². The van der Waals surface area contributed by atoms with E-state index < -0.39 is 5.60 Å². The minimum Gasteiger partial charge on any atom is -0.396 e. The summed E-state index contributed by atoms with van der Waals surface area (Å²) in [6.45, 7) is 1.95. The maximum atomic E-state index is 9.85. The van der Waals surface area contributed by atoms with Crippen LogP contribution in [0.5, 0.6) is 0 Å². The minimum atomic E-state index is -0.620. The van der Waals surface area contributed by atoms with Crippen LogP contribution in [0.4, 0.5) is 0 Å². The van der Waals surface area contributed by atoms with Crippen LogP contribution in [0.25, 0.3) is 0 Å². The Labute approximate surface area is 68.2 Å². The minimum absolute atomic E-state index is 0.101. The van der Waals surface area contributed by atoms with Crippen LogP contribution in [-0.4, -0.2) is 22.4 Å². The molecule has 1 atom stereocenters. The molecule has 0 aromatic carbocycles. The van der Waals surface area contributed by atoms with Crippen molar-refractivity contribution >= 4 is 0 Å². The van der Waals surface area contributed by atoms with E-state index in [9.17, 15) is 5.11 Å². The summed E-state index contributed by atoms with van der Waals surface area (Å²) in [6, 6.07) is 0. The first-order chi connectivity index (χ1) is 5.17. The largest absolute Gasteiger partial charge is 0.396 e. The molecule has 0 amide bonds. The third kappa shape index (κ3) is 2.17. The summed E-state index contributed by atoms with van der Waals surface area (Å²) in [5.74, 6) is 0.426.